The minimum absolute atomic E-state index is 0.488. The molecule has 0 aromatic rings. The topological polar surface area (TPSA) is 15.3 Å². The van der Waals surface area contributed by atoms with Crippen LogP contribution in [0.1, 0.15) is 104 Å². The summed E-state index contributed by atoms with van der Waals surface area (Å²) >= 11 is 0. The lowest BCUT2D eigenvalue weighted by molar-refractivity contribution is 0.202. The number of rotatable bonds is 4. The van der Waals surface area contributed by atoms with E-state index in [9.17, 15) is 0 Å². The van der Waals surface area contributed by atoms with Crippen LogP contribution in [0.3, 0.4) is 0 Å². The number of fused-ring (bicyclic) bond motifs is 3. The molecule has 2 nitrogen and oxygen atoms in total. The second-order valence-corrected chi connectivity index (χ2v) is 16.4. The Morgan fingerprint density at radius 3 is 2.38 bits per heavy atom. The highest BCUT2D eigenvalue weighted by Gasteiger charge is 2.35. The predicted molar refractivity (Wildman–Crippen MR) is 204 cm³/mol. The van der Waals surface area contributed by atoms with Crippen LogP contribution in [0.15, 0.2) is 117 Å². The molecule has 0 aromatic carbocycles. The molecule has 0 amide bonds. The molecule has 8 rings (SSSR count). The molecule has 0 radical (unpaired) electrons. The first-order chi connectivity index (χ1) is 23.6. The van der Waals surface area contributed by atoms with E-state index < -0.39 is 0 Å². The van der Waals surface area contributed by atoms with Crippen molar-refractivity contribution >= 4 is 0 Å². The predicted octanol–water partition coefficient (Wildman–Crippen LogP) is 10.8. The fraction of sp³-hybridized carbons (Fsp3) is 0.565. The quantitative estimate of drug-likeness (QED) is 0.308. The maximum absolute atomic E-state index is 3.62. The highest BCUT2D eigenvalue weighted by Crippen LogP contribution is 2.47. The van der Waals surface area contributed by atoms with Crippen molar-refractivity contribution < 1.29 is 0 Å². The largest absolute Gasteiger partial charge is 0.309 e. The molecule has 1 fully saturated rings. The summed E-state index contributed by atoms with van der Waals surface area (Å²) in [7, 11) is 0. The zero-order valence-corrected chi connectivity index (χ0v) is 30.0. The molecule has 0 bridgehead atoms. The van der Waals surface area contributed by atoms with Crippen molar-refractivity contribution in [3.05, 3.63) is 117 Å². The lowest BCUT2D eigenvalue weighted by atomic mass is 9.68. The molecule has 48 heavy (non-hydrogen) atoms. The molecule has 254 valence electrons. The number of hydrogen-bond donors (Lipinski definition) is 1. The van der Waals surface area contributed by atoms with Crippen LogP contribution < -0.4 is 5.32 Å². The second kappa shape index (κ2) is 14.7. The number of nitrogens with zero attached hydrogens (tertiary/aromatic N) is 1. The monoisotopic (exact) mass is 640 g/mol. The molecule has 4 unspecified atom stereocenters. The first kappa shape index (κ1) is 32.5. The normalized spacial score (nSPS) is 37.2. The average molecular weight is 641 g/mol. The van der Waals surface area contributed by atoms with Gasteiger partial charge in [0, 0.05) is 32.2 Å². The Labute approximate surface area is 292 Å². The molecule has 0 saturated heterocycles. The van der Waals surface area contributed by atoms with E-state index in [1.54, 1.807) is 16.7 Å². The SMILES string of the molecule is CC1=C/C=C(/C2=CCNC2)CN(C2C=CC3CCC=CC3C2)C/C(C2CCC(C3=C4C=CCCC4CCC3)CC2)=C2/CCC=CC2=C1C. The second-order valence-electron chi connectivity index (χ2n) is 16.4. The van der Waals surface area contributed by atoms with Crippen LogP contribution in [0, 0.1) is 29.6 Å². The van der Waals surface area contributed by atoms with Crippen LogP contribution in [0.5, 0.6) is 0 Å². The van der Waals surface area contributed by atoms with Crippen molar-refractivity contribution in [3.63, 3.8) is 0 Å². The van der Waals surface area contributed by atoms with E-state index in [4.69, 9.17) is 0 Å². The zero-order valence-electron chi connectivity index (χ0n) is 30.0. The molecule has 2 aliphatic heterocycles. The fourth-order valence-electron chi connectivity index (χ4n) is 10.8. The summed E-state index contributed by atoms with van der Waals surface area (Å²) in [6, 6.07) is 0.488. The minimum atomic E-state index is 0.488. The molecule has 2 heteroatoms. The van der Waals surface area contributed by atoms with Gasteiger partial charge in [-0.05, 0) is 178 Å². The lowest BCUT2D eigenvalue weighted by Gasteiger charge is -2.42. The van der Waals surface area contributed by atoms with Crippen LogP contribution >= 0.6 is 0 Å². The number of nitrogens with one attached hydrogen (secondary N) is 1. The van der Waals surface area contributed by atoms with E-state index in [-0.39, 0.29) is 0 Å². The Hall–Kier alpha value is -2.68. The van der Waals surface area contributed by atoms with Gasteiger partial charge in [0.25, 0.3) is 0 Å². The van der Waals surface area contributed by atoms with Crippen molar-refractivity contribution in [2.45, 2.75) is 110 Å². The fourth-order valence-corrected chi connectivity index (χ4v) is 10.8. The molecule has 4 atom stereocenters. The molecular formula is C46H60N2. The molecule has 0 spiro atoms. The summed E-state index contributed by atoms with van der Waals surface area (Å²) in [5.74, 6) is 3.79. The Bertz CT molecular complexity index is 1550. The minimum Gasteiger partial charge on any atom is -0.309 e. The van der Waals surface area contributed by atoms with Crippen LogP contribution in [0.25, 0.3) is 0 Å². The van der Waals surface area contributed by atoms with Crippen molar-refractivity contribution in [1.82, 2.24) is 10.2 Å². The van der Waals surface area contributed by atoms with Gasteiger partial charge >= 0.3 is 0 Å². The summed E-state index contributed by atoms with van der Waals surface area (Å²) in [6.45, 7) is 8.89. The highest BCUT2D eigenvalue weighted by molar-refractivity contribution is 5.55. The van der Waals surface area contributed by atoms with Gasteiger partial charge in [-0.15, -0.1) is 0 Å². The van der Waals surface area contributed by atoms with Gasteiger partial charge in [-0.2, -0.15) is 0 Å². The van der Waals surface area contributed by atoms with Crippen molar-refractivity contribution in [2.24, 2.45) is 29.6 Å². The van der Waals surface area contributed by atoms with Gasteiger partial charge in [-0.1, -0.05) is 72.4 Å². The smallest absolute Gasteiger partial charge is 0.0291 e. The molecule has 1 N–H and O–H groups in total. The van der Waals surface area contributed by atoms with E-state index in [0.29, 0.717) is 17.9 Å². The first-order valence-electron chi connectivity index (χ1n) is 20.0. The number of hydrogen-bond acceptors (Lipinski definition) is 2. The molecule has 8 aliphatic rings. The molecule has 1 saturated carbocycles. The summed E-state index contributed by atoms with van der Waals surface area (Å²) < 4.78 is 0. The van der Waals surface area contributed by atoms with E-state index in [1.165, 1.54) is 118 Å². The van der Waals surface area contributed by atoms with Gasteiger partial charge < -0.3 is 5.32 Å². The third-order valence-electron chi connectivity index (χ3n) is 13.7. The van der Waals surface area contributed by atoms with Crippen LogP contribution in [-0.4, -0.2) is 37.1 Å². The number of allylic oxidation sites excluding steroid dienone is 15. The Morgan fingerprint density at radius 1 is 0.688 bits per heavy atom. The summed E-state index contributed by atoms with van der Waals surface area (Å²) in [5, 5.41) is 3.62. The Morgan fingerprint density at radius 2 is 1.52 bits per heavy atom. The third-order valence-corrected chi connectivity index (χ3v) is 13.7. The van der Waals surface area contributed by atoms with Crippen molar-refractivity contribution in [2.75, 3.05) is 26.2 Å². The van der Waals surface area contributed by atoms with Crippen LogP contribution in [0.2, 0.25) is 0 Å². The first-order valence-corrected chi connectivity index (χ1v) is 20.0. The molecule has 0 aromatic heterocycles. The van der Waals surface area contributed by atoms with E-state index in [1.807, 2.05) is 5.57 Å². The van der Waals surface area contributed by atoms with Gasteiger partial charge in [0.2, 0.25) is 0 Å². The van der Waals surface area contributed by atoms with Crippen LogP contribution in [-0.2, 0) is 0 Å². The Balaban J connectivity index is 1.16. The van der Waals surface area contributed by atoms with Gasteiger partial charge in [-0.25, -0.2) is 0 Å². The van der Waals surface area contributed by atoms with Crippen molar-refractivity contribution in [1.29, 1.82) is 0 Å². The molecular weight excluding hydrogens is 581 g/mol. The van der Waals surface area contributed by atoms with E-state index in [0.717, 1.165) is 43.9 Å². The maximum atomic E-state index is 3.62. The summed E-state index contributed by atoms with van der Waals surface area (Å²) in [6.07, 6.45) is 46.2. The van der Waals surface area contributed by atoms with Crippen molar-refractivity contribution in [3.8, 4) is 0 Å². The lowest BCUT2D eigenvalue weighted by Crippen LogP contribution is -2.42. The van der Waals surface area contributed by atoms with Gasteiger partial charge in [0.15, 0.2) is 0 Å². The van der Waals surface area contributed by atoms with E-state index >= 15 is 0 Å². The van der Waals surface area contributed by atoms with Gasteiger partial charge in [-0.3, -0.25) is 4.90 Å². The zero-order chi connectivity index (χ0) is 32.5. The Kier molecular flexibility index (Phi) is 9.93. The van der Waals surface area contributed by atoms with Gasteiger partial charge in [0.05, 0.1) is 0 Å². The molecule has 6 aliphatic carbocycles. The highest BCUT2D eigenvalue weighted by atomic mass is 15.2. The van der Waals surface area contributed by atoms with Gasteiger partial charge in [0.1, 0.15) is 0 Å². The molecule has 2 heterocycles. The third kappa shape index (κ3) is 6.74. The summed E-state index contributed by atoms with van der Waals surface area (Å²) in [5.41, 5.74) is 14.6. The summed E-state index contributed by atoms with van der Waals surface area (Å²) in [4.78, 5) is 2.93. The maximum Gasteiger partial charge on any atom is 0.0291 e. The average Bonchev–Trinajstić information content (AvgIpc) is 3.68. The van der Waals surface area contributed by atoms with E-state index in [2.05, 4.69) is 90.9 Å². The standard InChI is InChI=1S/C46H60N2/c1-32-18-19-40(39-26-27-47-29-39)30-48(41-25-24-34-10-3-4-12-38(34)28-41)31-46(45-16-8-7-14-42(45)33(32)2)37-22-20-36(21-23-37)44-17-9-13-35-11-5-6-15-43(35)44/h4,6-7,12,14-15,18-19,24-26,34-38,41,47H,3,5,8-11,13,16-17,20-23,27-31H2,1-2H3/b32-18?,40-19+,42-33?,46-45+. The van der Waals surface area contributed by atoms with Crippen LogP contribution in [0.4, 0.5) is 0 Å².